The molecule has 0 radical (unpaired) electrons. The number of nitro groups is 2. The van der Waals surface area contributed by atoms with E-state index in [-0.39, 0.29) is 11.1 Å². The third-order valence-corrected chi connectivity index (χ3v) is 3.54. The number of carbonyl (C=O) groups excluding carboxylic acids is 2. The Morgan fingerprint density at radius 1 is 0.769 bits per heavy atom. The Morgan fingerprint density at radius 2 is 1.12 bits per heavy atom. The summed E-state index contributed by atoms with van der Waals surface area (Å²) in [5.41, 5.74) is -2.55. The van der Waals surface area contributed by atoms with Gasteiger partial charge >= 0.3 is 11.9 Å². The SMILES string of the molecule is COC(=O)c1cccc([N+](=O)[O-])c1-c1c(C(=O)OC)cccc1[N+](=O)[O-]. The second-order valence-corrected chi connectivity index (χ2v) is 4.90. The number of benzene rings is 2. The molecule has 0 unspecified atom stereocenters. The lowest BCUT2D eigenvalue weighted by Gasteiger charge is -2.12. The van der Waals surface area contributed by atoms with E-state index in [1.807, 2.05) is 0 Å². The fourth-order valence-electron chi connectivity index (χ4n) is 2.47. The number of nitrogens with zero attached hydrogens (tertiary/aromatic N) is 2. The van der Waals surface area contributed by atoms with Gasteiger partial charge in [-0.3, -0.25) is 20.2 Å². The first-order valence-electron chi connectivity index (χ1n) is 7.05. The molecule has 2 rings (SSSR count). The van der Waals surface area contributed by atoms with Crippen LogP contribution in [-0.2, 0) is 9.47 Å². The summed E-state index contributed by atoms with van der Waals surface area (Å²) in [6.07, 6.45) is 0. The van der Waals surface area contributed by atoms with Crippen LogP contribution < -0.4 is 0 Å². The van der Waals surface area contributed by atoms with E-state index in [1.165, 1.54) is 24.3 Å². The zero-order chi connectivity index (χ0) is 19.4. The van der Waals surface area contributed by atoms with Gasteiger partial charge in [-0.15, -0.1) is 0 Å². The van der Waals surface area contributed by atoms with Crippen LogP contribution in [0.5, 0.6) is 0 Å². The van der Waals surface area contributed by atoms with Crippen molar-refractivity contribution in [3.8, 4) is 11.1 Å². The van der Waals surface area contributed by atoms with Gasteiger partial charge in [0.05, 0.1) is 46.3 Å². The van der Waals surface area contributed by atoms with Crippen LogP contribution >= 0.6 is 0 Å². The van der Waals surface area contributed by atoms with Gasteiger partial charge in [0.15, 0.2) is 0 Å². The second kappa shape index (κ2) is 7.38. The molecule has 0 saturated heterocycles. The van der Waals surface area contributed by atoms with Crippen molar-refractivity contribution in [3.05, 3.63) is 67.8 Å². The molecule has 2 aromatic carbocycles. The molecule has 0 atom stereocenters. The molecule has 10 heteroatoms. The maximum Gasteiger partial charge on any atom is 0.338 e. The van der Waals surface area contributed by atoms with E-state index in [4.69, 9.17) is 0 Å². The Kier molecular flexibility index (Phi) is 5.26. The van der Waals surface area contributed by atoms with Crippen molar-refractivity contribution in [2.75, 3.05) is 14.2 Å². The predicted octanol–water partition coefficient (Wildman–Crippen LogP) is 2.74. The fraction of sp³-hybridized carbons (Fsp3) is 0.125. The molecule has 0 aliphatic rings. The summed E-state index contributed by atoms with van der Waals surface area (Å²) in [6.45, 7) is 0. The minimum Gasteiger partial charge on any atom is -0.465 e. The fourth-order valence-corrected chi connectivity index (χ4v) is 2.47. The number of ether oxygens (including phenoxy) is 2. The van der Waals surface area contributed by atoms with Gasteiger partial charge in [0.1, 0.15) is 0 Å². The highest BCUT2D eigenvalue weighted by Crippen LogP contribution is 2.41. The minimum atomic E-state index is -0.947. The van der Waals surface area contributed by atoms with E-state index in [1.54, 1.807) is 0 Å². The van der Waals surface area contributed by atoms with Crippen LogP contribution in [0.3, 0.4) is 0 Å². The van der Waals surface area contributed by atoms with Crippen molar-refractivity contribution in [2.45, 2.75) is 0 Å². The van der Waals surface area contributed by atoms with Crippen molar-refractivity contribution in [2.24, 2.45) is 0 Å². The van der Waals surface area contributed by atoms with Gasteiger partial charge in [-0.1, -0.05) is 12.1 Å². The van der Waals surface area contributed by atoms with Crippen molar-refractivity contribution in [3.63, 3.8) is 0 Å². The number of hydrogen-bond donors (Lipinski definition) is 0. The van der Waals surface area contributed by atoms with Crippen LogP contribution in [0.15, 0.2) is 36.4 Å². The highest BCUT2D eigenvalue weighted by atomic mass is 16.6. The van der Waals surface area contributed by atoms with Crippen LogP contribution in [-0.4, -0.2) is 36.0 Å². The van der Waals surface area contributed by atoms with Gasteiger partial charge in [-0.05, 0) is 12.1 Å². The highest BCUT2D eigenvalue weighted by molar-refractivity contribution is 6.07. The Hall–Kier alpha value is -3.82. The van der Waals surface area contributed by atoms with Crippen LogP contribution in [0.4, 0.5) is 11.4 Å². The number of nitro benzene ring substituents is 2. The largest absolute Gasteiger partial charge is 0.465 e. The molecule has 0 bridgehead atoms. The van der Waals surface area contributed by atoms with E-state index in [0.717, 1.165) is 26.4 Å². The lowest BCUT2D eigenvalue weighted by atomic mass is 9.92. The van der Waals surface area contributed by atoms with Gasteiger partial charge in [0.2, 0.25) is 0 Å². The molecule has 2 aromatic rings. The molecule has 0 spiro atoms. The number of carbonyl (C=O) groups is 2. The van der Waals surface area contributed by atoms with Crippen molar-refractivity contribution in [1.82, 2.24) is 0 Å². The first kappa shape index (κ1) is 18.5. The van der Waals surface area contributed by atoms with Gasteiger partial charge in [-0.2, -0.15) is 0 Å². The number of rotatable bonds is 5. The lowest BCUT2D eigenvalue weighted by molar-refractivity contribution is -0.386. The van der Waals surface area contributed by atoms with E-state index >= 15 is 0 Å². The summed E-state index contributed by atoms with van der Waals surface area (Å²) >= 11 is 0. The van der Waals surface area contributed by atoms with Crippen LogP contribution in [0.1, 0.15) is 20.7 Å². The van der Waals surface area contributed by atoms with Gasteiger partial charge in [0.25, 0.3) is 11.4 Å². The molecule has 0 heterocycles. The summed E-state index contributed by atoms with van der Waals surface area (Å²) in [4.78, 5) is 45.5. The minimum absolute atomic E-state index is 0.291. The van der Waals surface area contributed by atoms with Crippen molar-refractivity contribution >= 4 is 23.3 Å². The third kappa shape index (κ3) is 3.20. The zero-order valence-electron chi connectivity index (χ0n) is 13.6. The zero-order valence-corrected chi connectivity index (χ0v) is 13.6. The van der Waals surface area contributed by atoms with E-state index in [9.17, 15) is 29.8 Å². The van der Waals surface area contributed by atoms with E-state index < -0.39 is 44.3 Å². The monoisotopic (exact) mass is 360 g/mol. The normalized spacial score (nSPS) is 10.1. The Bertz CT molecular complexity index is 847. The van der Waals surface area contributed by atoms with Gasteiger partial charge < -0.3 is 9.47 Å². The molecule has 10 nitrogen and oxygen atoms in total. The predicted molar refractivity (Wildman–Crippen MR) is 87.9 cm³/mol. The molecular formula is C16H12N2O8. The summed E-state index contributed by atoms with van der Waals surface area (Å²) in [5.74, 6) is -1.89. The van der Waals surface area contributed by atoms with Crippen molar-refractivity contribution in [1.29, 1.82) is 0 Å². The number of methoxy groups -OCH3 is 2. The van der Waals surface area contributed by atoms with E-state index in [0.29, 0.717) is 0 Å². The standard InChI is InChI=1S/C16H12N2O8/c1-25-15(19)9-5-3-7-11(17(21)22)13(9)14-10(16(20)26-2)6-4-8-12(14)18(23)24/h3-8H,1-2H3. The molecule has 0 aliphatic carbocycles. The Morgan fingerprint density at radius 3 is 1.38 bits per heavy atom. The van der Waals surface area contributed by atoms with Crippen molar-refractivity contribution < 1.29 is 28.9 Å². The van der Waals surface area contributed by atoms with Crippen LogP contribution in [0.2, 0.25) is 0 Å². The van der Waals surface area contributed by atoms with Gasteiger partial charge in [-0.25, -0.2) is 9.59 Å². The van der Waals surface area contributed by atoms with E-state index in [2.05, 4.69) is 9.47 Å². The molecule has 0 aliphatic heterocycles. The summed E-state index contributed by atoms with van der Waals surface area (Å²) in [7, 11) is 2.12. The maximum absolute atomic E-state index is 12.1. The topological polar surface area (TPSA) is 139 Å². The Labute approximate surface area is 146 Å². The second-order valence-electron chi connectivity index (χ2n) is 4.90. The maximum atomic E-state index is 12.1. The summed E-state index contributed by atoms with van der Waals surface area (Å²) < 4.78 is 9.23. The molecule has 0 amide bonds. The molecule has 0 aromatic heterocycles. The molecule has 134 valence electrons. The Balaban J connectivity index is 3.04. The summed E-state index contributed by atoms with van der Waals surface area (Å²) in [5, 5.41) is 22.9. The average molecular weight is 360 g/mol. The smallest absolute Gasteiger partial charge is 0.338 e. The third-order valence-electron chi connectivity index (χ3n) is 3.54. The summed E-state index contributed by atoms with van der Waals surface area (Å²) in [6, 6.07) is 7.04. The first-order valence-corrected chi connectivity index (χ1v) is 7.05. The first-order chi connectivity index (χ1) is 12.3. The van der Waals surface area contributed by atoms with Crippen LogP contribution in [0.25, 0.3) is 11.1 Å². The molecule has 0 fully saturated rings. The van der Waals surface area contributed by atoms with Gasteiger partial charge in [0, 0.05) is 12.1 Å². The number of hydrogen-bond acceptors (Lipinski definition) is 8. The number of esters is 2. The molecule has 26 heavy (non-hydrogen) atoms. The molecule has 0 N–H and O–H groups in total. The quantitative estimate of drug-likeness (QED) is 0.450. The van der Waals surface area contributed by atoms with Crippen LogP contribution in [0, 0.1) is 20.2 Å². The average Bonchev–Trinajstić information content (AvgIpc) is 2.65. The highest BCUT2D eigenvalue weighted by Gasteiger charge is 2.33. The lowest BCUT2D eigenvalue weighted by Crippen LogP contribution is -2.11. The molecule has 0 saturated carbocycles. The molecular weight excluding hydrogens is 348 g/mol.